The zero-order valence-corrected chi connectivity index (χ0v) is 13.9. The van der Waals surface area contributed by atoms with Crippen molar-refractivity contribution in [1.82, 2.24) is 4.90 Å². The average molecular weight is 340 g/mol. The number of hydrogen-bond donors (Lipinski definition) is 2. The van der Waals surface area contributed by atoms with Crippen LogP contribution in [0.3, 0.4) is 0 Å². The van der Waals surface area contributed by atoms with E-state index >= 15 is 0 Å². The van der Waals surface area contributed by atoms with Gasteiger partial charge in [-0.05, 0) is 30.7 Å². The predicted octanol–water partition coefficient (Wildman–Crippen LogP) is 2.99. The van der Waals surface area contributed by atoms with Crippen molar-refractivity contribution in [2.75, 3.05) is 25.5 Å². The minimum Gasteiger partial charge on any atom is -0.497 e. The lowest BCUT2D eigenvalue weighted by atomic mass is 10.1. The second kappa shape index (κ2) is 7.25. The molecule has 25 heavy (non-hydrogen) atoms. The van der Waals surface area contributed by atoms with Crippen LogP contribution >= 0.6 is 0 Å². The molecule has 0 saturated carbocycles. The molecule has 0 radical (unpaired) electrons. The first-order chi connectivity index (χ1) is 12.1. The smallest absolute Gasteiger partial charge is 0.308 e. The molecule has 6 heteroatoms. The number of carbonyl (C=O) groups excluding carboxylic acids is 1. The average Bonchev–Trinajstić information content (AvgIpc) is 3.12. The van der Waals surface area contributed by atoms with E-state index in [1.807, 2.05) is 36.4 Å². The van der Waals surface area contributed by atoms with Crippen LogP contribution in [0.1, 0.15) is 16.8 Å². The summed E-state index contributed by atoms with van der Waals surface area (Å²) in [5.74, 6) is -0.770. The number of aliphatic carboxylic acids is 1. The molecule has 1 aliphatic heterocycles. The van der Waals surface area contributed by atoms with E-state index in [1.165, 1.54) is 0 Å². The van der Waals surface area contributed by atoms with Gasteiger partial charge in [-0.1, -0.05) is 18.2 Å². The Balaban J connectivity index is 1.81. The van der Waals surface area contributed by atoms with Crippen LogP contribution in [0.5, 0.6) is 5.75 Å². The number of rotatable bonds is 5. The highest BCUT2D eigenvalue weighted by Gasteiger charge is 2.31. The zero-order valence-electron chi connectivity index (χ0n) is 13.9. The van der Waals surface area contributed by atoms with E-state index in [1.54, 1.807) is 24.1 Å². The monoisotopic (exact) mass is 340 g/mol. The highest BCUT2D eigenvalue weighted by atomic mass is 16.5. The third-order valence-corrected chi connectivity index (χ3v) is 4.33. The fourth-order valence-electron chi connectivity index (χ4n) is 2.95. The fourth-order valence-corrected chi connectivity index (χ4v) is 2.95. The predicted molar refractivity (Wildman–Crippen MR) is 94.4 cm³/mol. The molecule has 130 valence electrons. The normalized spacial score (nSPS) is 16.5. The number of likely N-dealkylation sites (tertiary alicyclic amines) is 1. The standard InChI is InChI=1S/C19H20N2O4/c1-25-15-6-4-5-14(11-15)20-17-8-3-2-7-16(17)18(22)21-10-9-13(12-21)19(23)24/h2-8,11,13,20H,9-10,12H2,1H3,(H,23,24)/t13-/m1/s1. The molecule has 1 atom stereocenters. The Labute approximate surface area is 146 Å². The van der Waals surface area contributed by atoms with Crippen molar-refractivity contribution in [2.24, 2.45) is 5.92 Å². The Bertz CT molecular complexity index is 790. The number of carboxylic acids is 1. The van der Waals surface area contributed by atoms with Gasteiger partial charge in [0.2, 0.25) is 0 Å². The molecule has 1 aliphatic rings. The van der Waals surface area contributed by atoms with Crippen LogP contribution < -0.4 is 10.1 Å². The summed E-state index contributed by atoms with van der Waals surface area (Å²) >= 11 is 0. The molecule has 0 spiro atoms. The number of nitrogens with zero attached hydrogens (tertiary/aromatic N) is 1. The van der Waals surface area contributed by atoms with Gasteiger partial charge in [0.1, 0.15) is 5.75 Å². The summed E-state index contributed by atoms with van der Waals surface area (Å²) in [6, 6.07) is 14.7. The second-order valence-corrected chi connectivity index (χ2v) is 5.98. The van der Waals surface area contributed by atoms with Crippen molar-refractivity contribution in [3.05, 3.63) is 54.1 Å². The third kappa shape index (κ3) is 3.74. The first-order valence-electron chi connectivity index (χ1n) is 8.10. The first-order valence-corrected chi connectivity index (χ1v) is 8.10. The SMILES string of the molecule is COc1cccc(Nc2ccccc2C(=O)N2CC[C@@H](C(=O)O)C2)c1. The van der Waals surface area contributed by atoms with Crippen molar-refractivity contribution in [3.63, 3.8) is 0 Å². The molecule has 2 aromatic carbocycles. The highest BCUT2D eigenvalue weighted by molar-refractivity contribution is 6.00. The summed E-state index contributed by atoms with van der Waals surface area (Å²) in [4.78, 5) is 25.5. The largest absolute Gasteiger partial charge is 0.497 e. The number of carboxylic acid groups (broad SMARTS) is 1. The maximum absolute atomic E-state index is 12.8. The molecule has 1 saturated heterocycles. The van der Waals surface area contributed by atoms with Crippen LogP contribution in [0.15, 0.2) is 48.5 Å². The summed E-state index contributed by atoms with van der Waals surface area (Å²) in [5, 5.41) is 12.4. The molecule has 6 nitrogen and oxygen atoms in total. The molecule has 0 bridgehead atoms. The molecule has 0 unspecified atom stereocenters. The van der Waals surface area contributed by atoms with Crippen molar-refractivity contribution in [1.29, 1.82) is 0 Å². The maximum Gasteiger partial charge on any atom is 0.308 e. The molecular formula is C19H20N2O4. The minimum absolute atomic E-state index is 0.158. The van der Waals surface area contributed by atoms with Gasteiger partial charge in [0.25, 0.3) is 5.91 Å². The Morgan fingerprint density at radius 3 is 2.72 bits per heavy atom. The van der Waals surface area contributed by atoms with E-state index in [4.69, 9.17) is 9.84 Å². The lowest BCUT2D eigenvalue weighted by Crippen LogP contribution is -2.30. The minimum atomic E-state index is -0.849. The summed E-state index contributed by atoms with van der Waals surface area (Å²) in [6.45, 7) is 0.713. The van der Waals surface area contributed by atoms with Gasteiger partial charge in [0.05, 0.1) is 24.3 Å². The molecular weight excluding hydrogens is 320 g/mol. The molecule has 3 rings (SSSR count). The fraction of sp³-hybridized carbons (Fsp3) is 0.263. The molecule has 0 aromatic heterocycles. The van der Waals surface area contributed by atoms with Crippen molar-refractivity contribution in [3.8, 4) is 5.75 Å². The van der Waals surface area contributed by atoms with Gasteiger partial charge >= 0.3 is 5.97 Å². The lowest BCUT2D eigenvalue weighted by molar-refractivity contribution is -0.141. The Morgan fingerprint density at radius 1 is 1.20 bits per heavy atom. The van der Waals surface area contributed by atoms with Crippen molar-refractivity contribution >= 4 is 23.3 Å². The summed E-state index contributed by atoms with van der Waals surface area (Å²) in [7, 11) is 1.60. The molecule has 2 N–H and O–H groups in total. The summed E-state index contributed by atoms with van der Waals surface area (Å²) in [6.07, 6.45) is 0.493. The lowest BCUT2D eigenvalue weighted by Gasteiger charge is -2.19. The van der Waals surface area contributed by atoms with Crippen LogP contribution in [0.2, 0.25) is 0 Å². The van der Waals surface area contributed by atoms with Gasteiger partial charge in [-0.3, -0.25) is 9.59 Å². The number of carbonyl (C=O) groups is 2. The molecule has 0 aliphatic carbocycles. The first kappa shape index (κ1) is 16.8. The zero-order chi connectivity index (χ0) is 17.8. The van der Waals surface area contributed by atoms with Gasteiger partial charge in [0.15, 0.2) is 0 Å². The van der Waals surface area contributed by atoms with E-state index in [0.29, 0.717) is 24.2 Å². The number of methoxy groups -OCH3 is 1. The molecule has 1 fully saturated rings. The van der Waals surface area contributed by atoms with Crippen molar-refractivity contribution < 1.29 is 19.4 Å². The maximum atomic E-state index is 12.8. The Morgan fingerprint density at radius 2 is 2.00 bits per heavy atom. The van der Waals surface area contributed by atoms with E-state index in [9.17, 15) is 9.59 Å². The Kier molecular flexibility index (Phi) is 4.88. The topological polar surface area (TPSA) is 78.9 Å². The summed E-state index contributed by atoms with van der Waals surface area (Å²) < 4.78 is 5.21. The summed E-state index contributed by atoms with van der Waals surface area (Å²) in [5.41, 5.74) is 2.01. The number of amides is 1. The van der Waals surface area contributed by atoms with E-state index in [0.717, 1.165) is 11.4 Å². The van der Waals surface area contributed by atoms with Crippen LogP contribution in [0, 0.1) is 5.92 Å². The van der Waals surface area contributed by atoms with Gasteiger partial charge < -0.3 is 20.1 Å². The van der Waals surface area contributed by atoms with Gasteiger partial charge in [0, 0.05) is 24.8 Å². The van der Waals surface area contributed by atoms with E-state index in [2.05, 4.69) is 5.32 Å². The number of benzene rings is 2. The number of para-hydroxylation sites is 1. The van der Waals surface area contributed by atoms with Gasteiger partial charge in [-0.2, -0.15) is 0 Å². The number of nitrogens with one attached hydrogen (secondary N) is 1. The Hall–Kier alpha value is -3.02. The van der Waals surface area contributed by atoms with Crippen LogP contribution in [0.4, 0.5) is 11.4 Å². The molecule has 1 amide bonds. The molecule has 2 aromatic rings. The van der Waals surface area contributed by atoms with Crippen molar-refractivity contribution in [2.45, 2.75) is 6.42 Å². The van der Waals surface area contributed by atoms with E-state index < -0.39 is 11.9 Å². The quantitative estimate of drug-likeness (QED) is 0.875. The number of ether oxygens (including phenoxy) is 1. The van der Waals surface area contributed by atoms with Gasteiger partial charge in [-0.25, -0.2) is 0 Å². The van der Waals surface area contributed by atoms with Gasteiger partial charge in [-0.15, -0.1) is 0 Å². The third-order valence-electron chi connectivity index (χ3n) is 4.33. The van der Waals surface area contributed by atoms with Crippen LogP contribution in [-0.4, -0.2) is 42.1 Å². The number of hydrogen-bond acceptors (Lipinski definition) is 4. The molecule has 1 heterocycles. The second-order valence-electron chi connectivity index (χ2n) is 5.98. The van der Waals surface area contributed by atoms with E-state index in [-0.39, 0.29) is 12.5 Å². The van der Waals surface area contributed by atoms with Crippen LogP contribution in [0.25, 0.3) is 0 Å². The highest BCUT2D eigenvalue weighted by Crippen LogP contribution is 2.26. The van der Waals surface area contributed by atoms with Crippen LogP contribution in [-0.2, 0) is 4.79 Å². The number of anilines is 2.